The van der Waals surface area contributed by atoms with Gasteiger partial charge in [-0.25, -0.2) is 0 Å². The van der Waals surface area contributed by atoms with Crippen molar-refractivity contribution in [1.82, 2.24) is 0 Å². The molecule has 0 fully saturated rings. The summed E-state index contributed by atoms with van der Waals surface area (Å²) in [5.41, 5.74) is 10.4. The lowest BCUT2D eigenvalue weighted by atomic mass is 9.98. The number of nitrogens with two attached hydrogens (primary N) is 1. The van der Waals surface area contributed by atoms with E-state index in [-0.39, 0.29) is 6.10 Å². The van der Waals surface area contributed by atoms with E-state index >= 15 is 0 Å². The second-order valence-corrected chi connectivity index (χ2v) is 5.50. The molecule has 1 unspecified atom stereocenters. The van der Waals surface area contributed by atoms with Crippen LogP contribution in [0.25, 0.3) is 0 Å². The van der Waals surface area contributed by atoms with Crippen molar-refractivity contribution in [3.8, 4) is 5.75 Å². The molecule has 1 atom stereocenters. The molecule has 1 aliphatic rings. The first-order valence-electron chi connectivity index (χ1n) is 6.78. The maximum atomic E-state index is 5.99. The Kier molecular flexibility index (Phi) is 2.94. The van der Waals surface area contributed by atoms with Gasteiger partial charge in [-0.2, -0.15) is 0 Å². The summed E-state index contributed by atoms with van der Waals surface area (Å²) in [7, 11) is 0. The zero-order valence-corrected chi connectivity index (χ0v) is 11.4. The minimum absolute atomic E-state index is 0.123. The van der Waals surface area contributed by atoms with Gasteiger partial charge < -0.3 is 10.5 Å². The molecule has 2 aromatic carbocycles. The van der Waals surface area contributed by atoms with Crippen LogP contribution in [0.5, 0.6) is 5.75 Å². The predicted molar refractivity (Wildman–Crippen MR) is 78.5 cm³/mol. The van der Waals surface area contributed by atoms with E-state index in [1.807, 2.05) is 18.2 Å². The van der Waals surface area contributed by atoms with Gasteiger partial charge in [0.15, 0.2) is 0 Å². The number of anilines is 1. The normalized spacial score (nSPS) is 17.3. The van der Waals surface area contributed by atoms with Crippen molar-refractivity contribution in [2.45, 2.75) is 32.3 Å². The Bertz CT molecular complexity index is 587. The lowest BCUT2D eigenvalue weighted by Gasteiger charge is -2.12. The first-order chi connectivity index (χ1) is 9.13. The topological polar surface area (TPSA) is 35.2 Å². The van der Waals surface area contributed by atoms with Gasteiger partial charge in [-0.05, 0) is 35.2 Å². The van der Waals surface area contributed by atoms with E-state index in [4.69, 9.17) is 10.5 Å². The van der Waals surface area contributed by atoms with Crippen molar-refractivity contribution in [2.75, 3.05) is 5.73 Å². The molecule has 2 nitrogen and oxygen atoms in total. The molecule has 3 rings (SSSR count). The van der Waals surface area contributed by atoms with Crippen molar-refractivity contribution in [1.29, 1.82) is 0 Å². The van der Waals surface area contributed by atoms with Crippen LogP contribution >= 0.6 is 0 Å². The van der Waals surface area contributed by atoms with Crippen LogP contribution < -0.4 is 10.5 Å². The average Bonchev–Trinajstić information content (AvgIpc) is 2.81. The van der Waals surface area contributed by atoms with Crippen molar-refractivity contribution in [2.24, 2.45) is 0 Å². The second kappa shape index (κ2) is 4.61. The molecule has 2 heteroatoms. The number of hydrogen-bond donors (Lipinski definition) is 1. The third-order valence-electron chi connectivity index (χ3n) is 3.73. The van der Waals surface area contributed by atoms with Gasteiger partial charge >= 0.3 is 0 Å². The Morgan fingerprint density at radius 3 is 2.53 bits per heavy atom. The van der Waals surface area contributed by atoms with Crippen LogP contribution in [0.4, 0.5) is 5.69 Å². The molecular weight excluding hydrogens is 234 g/mol. The van der Waals surface area contributed by atoms with Gasteiger partial charge in [0.25, 0.3) is 0 Å². The van der Waals surface area contributed by atoms with Crippen LogP contribution in [0.2, 0.25) is 0 Å². The van der Waals surface area contributed by atoms with Crippen LogP contribution in [0.3, 0.4) is 0 Å². The zero-order chi connectivity index (χ0) is 13.4. The van der Waals surface area contributed by atoms with E-state index in [9.17, 15) is 0 Å². The highest BCUT2D eigenvalue weighted by Gasteiger charge is 2.24. The molecule has 1 heterocycles. The molecule has 0 aliphatic carbocycles. The summed E-state index contributed by atoms with van der Waals surface area (Å²) in [6.07, 6.45) is 1.03. The molecule has 0 radical (unpaired) electrons. The van der Waals surface area contributed by atoms with Crippen molar-refractivity contribution < 1.29 is 4.74 Å². The molecule has 2 N–H and O–H groups in total. The Hall–Kier alpha value is -1.96. The molecule has 0 saturated heterocycles. The lowest BCUT2D eigenvalue weighted by molar-refractivity contribution is 0.238. The number of fused-ring (bicyclic) bond motifs is 1. The fourth-order valence-corrected chi connectivity index (χ4v) is 2.55. The summed E-state index contributed by atoms with van der Waals surface area (Å²) in [6.45, 7) is 4.42. The van der Waals surface area contributed by atoms with Crippen molar-refractivity contribution >= 4 is 5.69 Å². The molecule has 0 spiro atoms. The highest BCUT2D eigenvalue weighted by atomic mass is 16.5. The monoisotopic (exact) mass is 253 g/mol. The predicted octanol–water partition coefficient (Wildman–Crippen LogP) is 4.07. The van der Waals surface area contributed by atoms with E-state index in [1.54, 1.807) is 0 Å². The van der Waals surface area contributed by atoms with Gasteiger partial charge in [0.1, 0.15) is 11.9 Å². The maximum Gasteiger partial charge on any atom is 0.128 e. The molecule has 0 saturated carbocycles. The first-order valence-corrected chi connectivity index (χ1v) is 6.78. The van der Waals surface area contributed by atoms with E-state index in [2.05, 4.69) is 38.1 Å². The number of ether oxygens (including phenoxy) is 1. The Morgan fingerprint density at radius 2 is 1.84 bits per heavy atom. The molecule has 98 valence electrons. The van der Waals surface area contributed by atoms with Crippen molar-refractivity contribution in [3.63, 3.8) is 0 Å². The molecular formula is C17H19NO. The van der Waals surface area contributed by atoms with Gasteiger partial charge in [-0.3, -0.25) is 0 Å². The summed E-state index contributed by atoms with van der Waals surface area (Å²) in [4.78, 5) is 0. The van der Waals surface area contributed by atoms with E-state index in [0.29, 0.717) is 5.92 Å². The maximum absolute atomic E-state index is 5.99. The summed E-state index contributed by atoms with van der Waals surface area (Å²) in [6, 6.07) is 14.6. The van der Waals surface area contributed by atoms with E-state index in [1.165, 1.54) is 16.7 Å². The van der Waals surface area contributed by atoms with Crippen LogP contribution in [0, 0.1) is 0 Å². The smallest absolute Gasteiger partial charge is 0.128 e. The van der Waals surface area contributed by atoms with E-state index < -0.39 is 0 Å². The zero-order valence-electron chi connectivity index (χ0n) is 11.4. The molecule has 0 aromatic heterocycles. The Balaban J connectivity index is 1.82. The standard InChI is InChI=1S/C17H19NO/c1-11(2)12-3-5-13(6-4-12)17-10-14-9-15(18)7-8-16(14)19-17/h3-9,11,17H,10,18H2,1-2H3. The molecule has 19 heavy (non-hydrogen) atoms. The summed E-state index contributed by atoms with van der Waals surface area (Å²) >= 11 is 0. The Labute approximate surface area is 114 Å². The molecule has 0 amide bonds. The highest BCUT2D eigenvalue weighted by molar-refractivity contribution is 5.50. The second-order valence-electron chi connectivity index (χ2n) is 5.50. The minimum Gasteiger partial charge on any atom is -0.485 e. The first kappa shape index (κ1) is 12.1. The fraction of sp³-hybridized carbons (Fsp3) is 0.294. The minimum atomic E-state index is 0.123. The van der Waals surface area contributed by atoms with Gasteiger partial charge in [-0.15, -0.1) is 0 Å². The van der Waals surface area contributed by atoms with Crippen LogP contribution in [-0.2, 0) is 6.42 Å². The van der Waals surface area contributed by atoms with Crippen LogP contribution in [-0.4, -0.2) is 0 Å². The third kappa shape index (κ3) is 2.30. The quantitative estimate of drug-likeness (QED) is 0.819. The van der Waals surface area contributed by atoms with Gasteiger partial charge in [-0.1, -0.05) is 38.1 Å². The number of hydrogen-bond acceptors (Lipinski definition) is 2. The highest BCUT2D eigenvalue weighted by Crippen LogP contribution is 2.37. The Morgan fingerprint density at radius 1 is 1.11 bits per heavy atom. The summed E-state index contributed by atoms with van der Waals surface area (Å²) in [5, 5.41) is 0. The summed E-state index contributed by atoms with van der Waals surface area (Å²) in [5.74, 6) is 1.53. The van der Waals surface area contributed by atoms with E-state index in [0.717, 1.165) is 17.9 Å². The largest absolute Gasteiger partial charge is 0.485 e. The SMILES string of the molecule is CC(C)c1ccc(C2Cc3cc(N)ccc3O2)cc1. The molecule has 0 bridgehead atoms. The fourth-order valence-electron chi connectivity index (χ4n) is 2.55. The number of rotatable bonds is 2. The number of benzene rings is 2. The summed E-state index contributed by atoms with van der Waals surface area (Å²) < 4.78 is 5.99. The van der Waals surface area contributed by atoms with Gasteiger partial charge in [0, 0.05) is 17.7 Å². The average molecular weight is 253 g/mol. The number of nitrogen functional groups attached to an aromatic ring is 1. The van der Waals surface area contributed by atoms with Crippen LogP contribution in [0.15, 0.2) is 42.5 Å². The van der Waals surface area contributed by atoms with Crippen LogP contribution in [0.1, 0.15) is 42.6 Å². The van der Waals surface area contributed by atoms with Gasteiger partial charge in [0.2, 0.25) is 0 Å². The van der Waals surface area contributed by atoms with Gasteiger partial charge in [0.05, 0.1) is 0 Å². The third-order valence-corrected chi connectivity index (χ3v) is 3.73. The lowest BCUT2D eigenvalue weighted by Crippen LogP contribution is -2.03. The molecule has 1 aliphatic heterocycles. The van der Waals surface area contributed by atoms with Crippen molar-refractivity contribution in [3.05, 3.63) is 59.2 Å². The molecule has 2 aromatic rings.